The lowest BCUT2D eigenvalue weighted by Gasteiger charge is -2.34. The molecule has 1 amide bonds. The van der Waals surface area contributed by atoms with Crippen LogP contribution < -0.4 is 15.0 Å². The van der Waals surface area contributed by atoms with Gasteiger partial charge in [-0.3, -0.25) is 4.79 Å². The third-order valence-electron chi connectivity index (χ3n) is 3.65. The van der Waals surface area contributed by atoms with Gasteiger partial charge in [0.1, 0.15) is 5.75 Å². The second-order valence-corrected chi connectivity index (χ2v) is 5.57. The molecule has 1 aliphatic rings. The minimum Gasteiger partial charge on any atom is -0.482 e. The molecule has 0 spiro atoms. The summed E-state index contributed by atoms with van der Waals surface area (Å²) < 4.78 is 5.48. The zero-order chi connectivity index (χ0) is 14.5. The Morgan fingerprint density at radius 1 is 1.35 bits per heavy atom. The Hall–Kier alpha value is -1.55. The fourth-order valence-electron chi connectivity index (χ4n) is 2.39. The first-order chi connectivity index (χ1) is 9.63. The number of nitrogens with zero attached hydrogens (tertiary/aromatic N) is 1. The number of benzene rings is 1. The number of fused-ring (bicyclic) bond motifs is 1. The summed E-state index contributed by atoms with van der Waals surface area (Å²) in [6.07, 6.45) is 1.09. The van der Waals surface area contributed by atoms with Crippen molar-refractivity contribution in [3.05, 3.63) is 24.3 Å². The molecule has 1 unspecified atom stereocenters. The average Bonchev–Trinajstić information content (AvgIpc) is 2.45. The third-order valence-corrected chi connectivity index (χ3v) is 3.65. The summed E-state index contributed by atoms with van der Waals surface area (Å²) in [5.41, 5.74) is 0.882. The summed E-state index contributed by atoms with van der Waals surface area (Å²) in [7, 11) is 0. The van der Waals surface area contributed by atoms with E-state index in [0.717, 1.165) is 24.4 Å². The monoisotopic (exact) mass is 276 g/mol. The van der Waals surface area contributed by atoms with Crippen molar-refractivity contribution >= 4 is 11.6 Å². The van der Waals surface area contributed by atoms with E-state index in [1.165, 1.54) is 0 Å². The predicted molar refractivity (Wildman–Crippen MR) is 81.2 cm³/mol. The minimum atomic E-state index is 0.0349. The van der Waals surface area contributed by atoms with Crippen LogP contribution in [0.2, 0.25) is 0 Å². The molecular formula is C16H24N2O2. The summed E-state index contributed by atoms with van der Waals surface area (Å²) in [5, 5.41) is 3.53. The summed E-state index contributed by atoms with van der Waals surface area (Å²) in [5.74, 6) is 1.31. The van der Waals surface area contributed by atoms with Crippen molar-refractivity contribution in [1.29, 1.82) is 0 Å². The first kappa shape index (κ1) is 14.9. The number of nitrogens with one attached hydrogen (secondary N) is 1. The second-order valence-electron chi connectivity index (χ2n) is 5.57. The molecule has 0 aliphatic carbocycles. The third kappa shape index (κ3) is 3.31. The Bertz CT molecular complexity index is 460. The number of para-hydroxylation sites is 2. The van der Waals surface area contributed by atoms with Gasteiger partial charge in [-0.25, -0.2) is 0 Å². The lowest BCUT2D eigenvalue weighted by Crippen LogP contribution is -2.49. The zero-order valence-corrected chi connectivity index (χ0v) is 12.6. The Labute approximate surface area is 121 Å². The lowest BCUT2D eigenvalue weighted by molar-refractivity contribution is -0.121. The van der Waals surface area contributed by atoms with Gasteiger partial charge in [0.05, 0.1) is 5.69 Å². The first-order valence-corrected chi connectivity index (χ1v) is 7.39. The SMILES string of the molecule is CCCNC(CN1C(=O)COc2ccccc21)C(C)C. The van der Waals surface area contributed by atoms with Crippen molar-refractivity contribution in [2.45, 2.75) is 33.2 Å². The Morgan fingerprint density at radius 2 is 2.10 bits per heavy atom. The maximum absolute atomic E-state index is 12.2. The molecule has 0 saturated carbocycles. The molecule has 1 aliphatic heterocycles. The summed E-state index contributed by atoms with van der Waals surface area (Å²) in [6.45, 7) is 8.32. The van der Waals surface area contributed by atoms with Gasteiger partial charge in [-0.15, -0.1) is 0 Å². The van der Waals surface area contributed by atoms with Gasteiger partial charge in [0, 0.05) is 12.6 Å². The molecule has 1 N–H and O–H groups in total. The number of carbonyl (C=O) groups excluding carboxylic acids is 1. The fourth-order valence-corrected chi connectivity index (χ4v) is 2.39. The van der Waals surface area contributed by atoms with E-state index >= 15 is 0 Å². The molecule has 1 heterocycles. The van der Waals surface area contributed by atoms with Crippen LogP contribution in [0.3, 0.4) is 0 Å². The minimum absolute atomic E-state index is 0.0349. The highest BCUT2D eigenvalue weighted by molar-refractivity contribution is 5.97. The van der Waals surface area contributed by atoms with Gasteiger partial charge in [-0.1, -0.05) is 32.9 Å². The van der Waals surface area contributed by atoms with Crippen molar-refractivity contribution in [2.75, 3.05) is 24.6 Å². The number of ether oxygens (including phenoxy) is 1. The van der Waals surface area contributed by atoms with Crippen molar-refractivity contribution in [2.24, 2.45) is 5.92 Å². The van der Waals surface area contributed by atoms with Gasteiger partial charge in [0.25, 0.3) is 5.91 Å². The van der Waals surface area contributed by atoms with Crippen LogP contribution in [0.1, 0.15) is 27.2 Å². The predicted octanol–water partition coefficient (Wildman–Crippen LogP) is 2.44. The van der Waals surface area contributed by atoms with Crippen LogP contribution in [-0.4, -0.2) is 31.6 Å². The molecule has 4 heteroatoms. The summed E-state index contributed by atoms with van der Waals surface area (Å²) in [6, 6.07) is 8.03. The standard InChI is InChI=1S/C16H24N2O2/c1-4-9-17-13(12(2)3)10-18-14-7-5-6-8-15(14)20-11-16(18)19/h5-8,12-13,17H,4,9-11H2,1-3H3. The van der Waals surface area contributed by atoms with E-state index in [-0.39, 0.29) is 12.5 Å². The molecule has 1 atom stereocenters. The number of carbonyl (C=O) groups is 1. The van der Waals surface area contributed by atoms with Gasteiger partial charge < -0.3 is 15.0 Å². The van der Waals surface area contributed by atoms with E-state index < -0.39 is 0 Å². The molecular weight excluding hydrogens is 252 g/mol. The van der Waals surface area contributed by atoms with Crippen molar-refractivity contribution < 1.29 is 9.53 Å². The molecule has 0 bridgehead atoms. The van der Waals surface area contributed by atoms with E-state index in [1.54, 1.807) is 0 Å². The van der Waals surface area contributed by atoms with Gasteiger partial charge in [0.15, 0.2) is 6.61 Å². The fraction of sp³-hybridized carbons (Fsp3) is 0.562. The van der Waals surface area contributed by atoms with Gasteiger partial charge in [0.2, 0.25) is 0 Å². The molecule has 1 aromatic carbocycles. The number of anilines is 1. The maximum Gasteiger partial charge on any atom is 0.265 e. The number of rotatable bonds is 6. The van der Waals surface area contributed by atoms with E-state index in [2.05, 4.69) is 26.1 Å². The van der Waals surface area contributed by atoms with Crippen LogP contribution in [0, 0.1) is 5.92 Å². The molecule has 0 saturated heterocycles. The number of hydrogen-bond donors (Lipinski definition) is 1. The molecule has 0 fully saturated rings. The first-order valence-electron chi connectivity index (χ1n) is 7.39. The van der Waals surface area contributed by atoms with Crippen molar-refractivity contribution in [3.63, 3.8) is 0 Å². The van der Waals surface area contributed by atoms with E-state index in [1.807, 2.05) is 29.2 Å². The molecule has 0 radical (unpaired) electrons. The van der Waals surface area contributed by atoms with Crippen LogP contribution >= 0.6 is 0 Å². The Morgan fingerprint density at radius 3 is 2.80 bits per heavy atom. The van der Waals surface area contributed by atoms with Crippen LogP contribution in [0.25, 0.3) is 0 Å². The Balaban J connectivity index is 2.16. The number of amides is 1. The van der Waals surface area contributed by atoms with Crippen molar-refractivity contribution in [3.8, 4) is 5.75 Å². The van der Waals surface area contributed by atoms with E-state index in [9.17, 15) is 4.79 Å². The topological polar surface area (TPSA) is 41.6 Å². The highest BCUT2D eigenvalue weighted by Gasteiger charge is 2.28. The molecule has 20 heavy (non-hydrogen) atoms. The smallest absolute Gasteiger partial charge is 0.265 e. The van der Waals surface area contributed by atoms with Crippen molar-refractivity contribution in [1.82, 2.24) is 5.32 Å². The highest BCUT2D eigenvalue weighted by Crippen LogP contribution is 2.31. The summed E-state index contributed by atoms with van der Waals surface area (Å²) in [4.78, 5) is 14.0. The van der Waals surface area contributed by atoms with Gasteiger partial charge >= 0.3 is 0 Å². The van der Waals surface area contributed by atoms with E-state index in [4.69, 9.17) is 4.74 Å². The zero-order valence-electron chi connectivity index (χ0n) is 12.6. The van der Waals surface area contributed by atoms with Gasteiger partial charge in [-0.05, 0) is 31.0 Å². The molecule has 4 nitrogen and oxygen atoms in total. The normalized spacial score (nSPS) is 16.0. The molecule has 1 aromatic rings. The Kier molecular flexibility index (Phi) is 5.01. The van der Waals surface area contributed by atoms with Gasteiger partial charge in [-0.2, -0.15) is 0 Å². The quantitative estimate of drug-likeness (QED) is 0.867. The van der Waals surface area contributed by atoms with Crippen LogP contribution in [0.5, 0.6) is 5.75 Å². The summed E-state index contributed by atoms with van der Waals surface area (Å²) >= 11 is 0. The second kappa shape index (κ2) is 6.75. The molecule has 110 valence electrons. The van der Waals surface area contributed by atoms with Crippen LogP contribution in [0.15, 0.2) is 24.3 Å². The molecule has 2 rings (SSSR count). The van der Waals surface area contributed by atoms with Crippen LogP contribution in [-0.2, 0) is 4.79 Å². The lowest BCUT2D eigenvalue weighted by atomic mass is 10.0. The average molecular weight is 276 g/mol. The number of hydrogen-bond acceptors (Lipinski definition) is 3. The van der Waals surface area contributed by atoms with Crippen LogP contribution in [0.4, 0.5) is 5.69 Å². The highest BCUT2D eigenvalue weighted by atomic mass is 16.5. The maximum atomic E-state index is 12.2. The van der Waals surface area contributed by atoms with E-state index in [0.29, 0.717) is 18.5 Å². The largest absolute Gasteiger partial charge is 0.482 e. The molecule has 0 aromatic heterocycles.